The van der Waals surface area contributed by atoms with E-state index in [0.29, 0.717) is 12.4 Å². The van der Waals surface area contributed by atoms with E-state index < -0.39 is 5.95 Å². The Morgan fingerprint density at radius 3 is 2.82 bits per heavy atom. The van der Waals surface area contributed by atoms with Crippen LogP contribution in [0.4, 0.5) is 21.8 Å². The molecule has 0 spiro atoms. The number of rotatable bonds is 5. The van der Waals surface area contributed by atoms with Crippen molar-refractivity contribution in [2.24, 2.45) is 0 Å². The third-order valence-corrected chi connectivity index (χ3v) is 3.73. The number of nitrogens with one attached hydrogen (secondary N) is 2. The summed E-state index contributed by atoms with van der Waals surface area (Å²) in [5.41, 5.74) is 0. The van der Waals surface area contributed by atoms with Crippen LogP contribution in [0.25, 0.3) is 0 Å². The molecule has 0 radical (unpaired) electrons. The van der Waals surface area contributed by atoms with Gasteiger partial charge in [-0.3, -0.25) is 0 Å². The normalized spacial score (nSPS) is 17.5. The van der Waals surface area contributed by atoms with E-state index in [2.05, 4.69) is 35.5 Å². The van der Waals surface area contributed by atoms with Gasteiger partial charge < -0.3 is 15.5 Å². The van der Waals surface area contributed by atoms with E-state index in [1.54, 1.807) is 6.33 Å². The molecule has 7 nitrogen and oxygen atoms in total. The SMILES string of the molecule is CNc1cc(N2CCCC2CNc2cc(F)ncn2)ncn1. The van der Waals surface area contributed by atoms with Crippen molar-refractivity contribution >= 4 is 17.5 Å². The van der Waals surface area contributed by atoms with Gasteiger partial charge in [0, 0.05) is 38.3 Å². The summed E-state index contributed by atoms with van der Waals surface area (Å²) in [5, 5.41) is 6.18. The zero-order valence-corrected chi connectivity index (χ0v) is 12.3. The fourth-order valence-corrected chi connectivity index (χ4v) is 2.64. The largest absolute Gasteiger partial charge is 0.373 e. The molecule has 1 saturated heterocycles. The smallest absolute Gasteiger partial charge is 0.217 e. The lowest BCUT2D eigenvalue weighted by molar-refractivity contribution is 0.579. The van der Waals surface area contributed by atoms with Crippen LogP contribution in [0.1, 0.15) is 12.8 Å². The predicted molar refractivity (Wildman–Crippen MR) is 82.4 cm³/mol. The highest BCUT2D eigenvalue weighted by Gasteiger charge is 2.25. The molecule has 0 bridgehead atoms. The molecular weight excluding hydrogens is 285 g/mol. The van der Waals surface area contributed by atoms with Gasteiger partial charge in [0.25, 0.3) is 0 Å². The third kappa shape index (κ3) is 3.21. The van der Waals surface area contributed by atoms with E-state index in [1.165, 1.54) is 12.4 Å². The average Bonchev–Trinajstić information content (AvgIpc) is 3.01. The number of nitrogens with zero attached hydrogens (tertiary/aromatic N) is 5. The minimum atomic E-state index is -0.532. The van der Waals surface area contributed by atoms with Crippen molar-refractivity contribution < 1.29 is 4.39 Å². The van der Waals surface area contributed by atoms with E-state index in [0.717, 1.165) is 31.0 Å². The van der Waals surface area contributed by atoms with Gasteiger partial charge >= 0.3 is 0 Å². The van der Waals surface area contributed by atoms with Crippen LogP contribution in [0.2, 0.25) is 0 Å². The molecule has 1 aliphatic rings. The zero-order valence-electron chi connectivity index (χ0n) is 12.3. The zero-order chi connectivity index (χ0) is 15.4. The van der Waals surface area contributed by atoms with Crippen LogP contribution < -0.4 is 15.5 Å². The number of anilines is 3. The molecule has 0 aliphatic carbocycles. The Morgan fingerprint density at radius 1 is 1.18 bits per heavy atom. The number of hydrogen-bond acceptors (Lipinski definition) is 7. The van der Waals surface area contributed by atoms with E-state index in [-0.39, 0.29) is 6.04 Å². The molecule has 116 valence electrons. The highest BCUT2D eigenvalue weighted by molar-refractivity contribution is 5.50. The lowest BCUT2D eigenvalue weighted by Crippen LogP contribution is -2.35. The minimum Gasteiger partial charge on any atom is -0.373 e. The molecule has 8 heteroatoms. The summed E-state index contributed by atoms with van der Waals surface area (Å²) in [5.74, 6) is 1.66. The molecule has 1 unspecified atom stereocenters. The fourth-order valence-electron chi connectivity index (χ4n) is 2.64. The molecule has 1 atom stereocenters. The Hall–Kier alpha value is -2.51. The van der Waals surface area contributed by atoms with Crippen molar-refractivity contribution in [3.63, 3.8) is 0 Å². The van der Waals surface area contributed by atoms with Crippen molar-refractivity contribution in [2.75, 3.05) is 35.7 Å². The summed E-state index contributed by atoms with van der Waals surface area (Å²) in [4.78, 5) is 18.2. The molecule has 1 aliphatic heterocycles. The monoisotopic (exact) mass is 303 g/mol. The molecule has 2 N–H and O–H groups in total. The van der Waals surface area contributed by atoms with E-state index in [9.17, 15) is 4.39 Å². The van der Waals surface area contributed by atoms with Gasteiger partial charge in [0.15, 0.2) is 0 Å². The first kappa shape index (κ1) is 14.4. The second-order valence-corrected chi connectivity index (χ2v) is 5.11. The molecule has 2 aromatic heterocycles. The molecule has 1 fully saturated rings. The van der Waals surface area contributed by atoms with E-state index in [4.69, 9.17) is 0 Å². The van der Waals surface area contributed by atoms with Gasteiger partial charge in [-0.2, -0.15) is 4.39 Å². The summed E-state index contributed by atoms with van der Waals surface area (Å²) >= 11 is 0. The van der Waals surface area contributed by atoms with E-state index >= 15 is 0 Å². The Labute approximate surface area is 128 Å². The summed E-state index contributed by atoms with van der Waals surface area (Å²) in [6, 6.07) is 3.52. The standard InChI is InChI=1S/C14H18FN7/c1-16-12-6-14(21-9-19-12)22-4-2-3-10(22)7-17-13-5-11(15)18-8-20-13/h5-6,8-10H,2-4,7H2,1H3,(H,16,19,21)(H,17,18,20). The van der Waals surface area contributed by atoms with Gasteiger partial charge in [-0.15, -0.1) is 0 Å². The van der Waals surface area contributed by atoms with Crippen molar-refractivity contribution in [2.45, 2.75) is 18.9 Å². The fraction of sp³-hybridized carbons (Fsp3) is 0.429. The minimum absolute atomic E-state index is 0.289. The Kier molecular flexibility index (Phi) is 4.27. The maximum Gasteiger partial charge on any atom is 0.217 e. The molecular formula is C14H18FN7. The summed E-state index contributed by atoms with van der Waals surface area (Å²) in [6.45, 7) is 1.62. The number of hydrogen-bond donors (Lipinski definition) is 2. The van der Waals surface area contributed by atoms with Crippen LogP contribution in [0, 0.1) is 5.95 Å². The first-order chi connectivity index (χ1) is 10.8. The van der Waals surface area contributed by atoms with Crippen LogP contribution in [0.3, 0.4) is 0 Å². The topological polar surface area (TPSA) is 78.9 Å². The molecule has 2 aromatic rings. The number of aromatic nitrogens is 4. The Morgan fingerprint density at radius 2 is 2.00 bits per heavy atom. The molecule has 22 heavy (non-hydrogen) atoms. The molecule has 3 heterocycles. The Bertz CT molecular complexity index is 636. The maximum absolute atomic E-state index is 13.1. The van der Waals surface area contributed by atoms with Crippen molar-refractivity contribution in [3.05, 3.63) is 30.7 Å². The highest BCUT2D eigenvalue weighted by Crippen LogP contribution is 2.25. The van der Waals surface area contributed by atoms with E-state index in [1.807, 2.05) is 13.1 Å². The summed E-state index contributed by atoms with van der Waals surface area (Å²) < 4.78 is 13.1. The van der Waals surface area contributed by atoms with Crippen LogP contribution in [-0.4, -0.2) is 46.1 Å². The summed E-state index contributed by atoms with van der Waals surface area (Å²) in [6.07, 6.45) is 4.93. The van der Waals surface area contributed by atoms with Gasteiger partial charge in [-0.25, -0.2) is 19.9 Å². The second-order valence-electron chi connectivity index (χ2n) is 5.11. The van der Waals surface area contributed by atoms with Crippen LogP contribution in [-0.2, 0) is 0 Å². The second kappa shape index (κ2) is 6.50. The highest BCUT2D eigenvalue weighted by atomic mass is 19.1. The summed E-state index contributed by atoms with van der Waals surface area (Å²) in [7, 11) is 1.83. The van der Waals surface area contributed by atoms with Gasteiger partial charge in [0.1, 0.15) is 30.1 Å². The molecule has 0 aromatic carbocycles. The van der Waals surface area contributed by atoms with Gasteiger partial charge in [0.05, 0.1) is 0 Å². The van der Waals surface area contributed by atoms with Gasteiger partial charge in [-0.05, 0) is 12.8 Å². The van der Waals surface area contributed by atoms with Gasteiger partial charge in [-0.1, -0.05) is 0 Å². The number of halogens is 1. The van der Waals surface area contributed by atoms with Crippen molar-refractivity contribution in [3.8, 4) is 0 Å². The first-order valence-corrected chi connectivity index (χ1v) is 7.24. The van der Waals surface area contributed by atoms with Crippen LogP contribution in [0.15, 0.2) is 24.8 Å². The lowest BCUT2D eigenvalue weighted by atomic mass is 10.2. The van der Waals surface area contributed by atoms with Crippen LogP contribution >= 0.6 is 0 Å². The third-order valence-electron chi connectivity index (χ3n) is 3.73. The molecule has 0 amide bonds. The predicted octanol–water partition coefficient (Wildman–Crippen LogP) is 1.53. The average molecular weight is 303 g/mol. The maximum atomic E-state index is 13.1. The first-order valence-electron chi connectivity index (χ1n) is 7.24. The quantitative estimate of drug-likeness (QED) is 0.811. The van der Waals surface area contributed by atoms with Crippen molar-refractivity contribution in [1.29, 1.82) is 0 Å². The molecule has 0 saturated carbocycles. The Balaban J connectivity index is 1.67. The van der Waals surface area contributed by atoms with Gasteiger partial charge in [0.2, 0.25) is 5.95 Å². The lowest BCUT2D eigenvalue weighted by Gasteiger charge is -2.26. The van der Waals surface area contributed by atoms with Crippen LogP contribution in [0.5, 0.6) is 0 Å². The molecule has 3 rings (SSSR count). The van der Waals surface area contributed by atoms with Crippen molar-refractivity contribution in [1.82, 2.24) is 19.9 Å².